The molecule has 0 aliphatic carbocycles. The molecular formula is C16H18N4O4. The van der Waals surface area contributed by atoms with E-state index in [2.05, 4.69) is 10.2 Å². The number of carbonyl (C=O) groups excluding carboxylic acids is 2. The van der Waals surface area contributed by atoms with Crippen molar-refractivity contribution in [1.82, 2.24) is 20.0 Å². The fourth-order valence-corrected chi connectivity index (χ4v) is 3.32. The van der Waals surface area contributed by atoms with Gasteiger partial charge in [-0.05, 0) is 19.1 Å². The summed E-state index contributed by atoms with van der Waals surface area (Å²) in [6.07, 6.45) is 0.387. The highest BCUT2D eigenvalue weighted by molar-refractivity contribution is 5.88. The van der Waals surface area contributed by atoms with Crippen LogP contribution in [0.4, 0.5) is 4.79 Å². The number of aromatic amines is 1. The summed E-state index contributed by atoms with van der Waals surface area (Å²) in [5.41, 5.74) is 0.827. The molecule has 0 radical (unpaired) electrons. The van der Waals surface area contributed by atoms with Crippen molar-refractivity contribution in [3.05, 3.63) is 29.7 Å². The maximum absolute atomic E-state index is 12.3. The average molecular weight is 330 g/mol. The highest BCUT2D eigenvalue weighted by Crippen LogP contribution is 2.28. The summed E-state index contributed by atoms with van der Waals surface area (Å²) in [7, 11) is 1.78. The van der Waals surface area contributed by atoms with E-state index in [1.807, 2.05) is 13.0 Å². The van der Waals surface area contributed by atoms with Crippen LogP contribution in [0.15, 0.2) is 22.6 Å². The molecule has 2 aromatic rings. The SMILES string of the molecule is Cc1ccc(-c2cc(C(=O)O[C@@H]3C[C@H]4CN(C)C(=O)N4C3)[nH]n2)o1. The first kappa shape index (κ1) is 14.8. The number of esters is 1. The van der Waals surface area contributed by atoms with Crippen LogP contribution in [0.25, 0.3) is 11.5 Å². The Morgan fingerprint density at radius 3 is 2.96 bits per heavy atom. The zero-order valence-electron chi connectivity index (χ0n) is 13.5. The van der Waals surface area contributed by atoms with Crippen molar-refractivity contribution in [1.29, 1.82) is 0 Å². The summed E-state index contributed by atoms with van der Waals surface area (Å²) in [5, 5.41) is 6.76. The zero-order valence-corrected chi connectivity index (χ0v) is 13.5. The molecule has 0 spiro atoms. The lowest BCUT2D eigenvalue weighted by molar-refractivity contribution is 0.0314. The Morgan fingerprint density at radius 1 is 1.42 bits per heavy atom. The van der Waals surface area contributed by atoms with E-state index in [1.54, 1.807) is 29.0 Å². The Hall–Kier alpha value is -2.77. The van der Waals surface area contributed by atoms with Crippen LogP contribution >= 0.6 is 0 Å². The van der Waals surface area contributed by atoms with Gasteiger partial charge in [-0.25, -0.2) is 9.59 Å². The molecule has 0 saturated carbocycles. The number of ether oxygens (including phenoxy) is 1. The van der Waals surface area contributed by atoms with Gasteiger partial charge >= 0.3 is 12.0 Å². The van der Waals surface area contributed by atoms with Gasteiger partial charge in [-0.2, -0.15) is 5.10 Å². The minimum absolute atomic E-state index is 0.00411. The predicted molar refractivity (Wildman–Crippen MR) is 83.4 cm³/mol. The molecule has 0 unspecified atom stereocenters. The molecule has 4 heterocycles. The van der Waals surface area contributed by atoms with Crippen LogP contribution < -0.4 is 0 Å². The Kier molecular flexibility index (Phi) is 3.33. The van der Waals surface area contributed by atoms with Crippen molar-refractivity contribution >= 4 is 12.0 Å². The van der Waals surface area contributed by atoms with E-state index >= 15 is 0 Å². The van der Waals surface area contributed by atoms with Crippen molar-refractivity contribution in [3.8, 4) is 11.5 Å². The second kappa shape index (κ2) is 5.40. The van der Waals surface area contributed by atoms with Gasteiger partial charge in [0.1, 0.15) is 23.3 Å². The summed E-state index contributed by atoms with van der Waals surface area (Å²) < 4.78 is 11.0. The van der Waals surface area contributed by atoms with Crippen LogP contribution in [0.5, 0.6) is 0 Å². The molecule has 24 heavy (non-hydrogen) atoms. The predicted octanol–water partition coefficient (Wildman–Crippen LogP) is 1.64. The number of nitrogens with one attached hydrogen (secondary N) is 1. The van der Waals surface area contributed by atoms with Crippen molar-refractivity contribution in [2.24, 2.45) is 0 Å². The van der Waals surface area contributed by atoms with E-state index < -0.39 is 5.97 Å². The molecule has 126 valence electrons. The Labute approximate surface area is 138 Å². The van der Waals surface area contributed by atoms with Gasteiger partial charge in [-0.3, -0.25) is 5.10 Å². The lowest BCUT2D eigenvalue weighted by atomic mass is 10.2. The standard InChI is InChI=1S/C16H18N4O4/c1-9-3-4-14(23-9)12-6-13(18-17-12)15(21)24-11-5-10-7-19(2)16(22)20(10)8-11/h3-4,6,10-11H,5,7-8H2,1-2H3,(H,17,18)/t10-,11+/m0/s1. The summed E-state index contributed by atoms with van der Waals surface area (Å²) >= 11 is 0. The van der Waals surface area contributed by atoms with Gasteiger partial charge in [-0.1, -0.05) is 0 Å². The Balaban J connectivity index is 1.41. The van der Waals surface area contributed by atoms with Gasteiger partial charge in [-0.15, -0.1) is 0 Å². The second-order valence-electron chi connectivity index (χ2n) is 6.31. The number of amides is 2. The Bertz CT molecular complexity index is 796. The van der Waals surface area contributed by atoms with Crippen molar-refractivity contribution in [3.63, 3.8) is 0 Å². The number of carbonyl (C=O) groups is 2. The quantitative estimate of drug-likeness (QED) is 0.864. The molecule has 2 amide bonds. The first-order valence-electron chi connectivity index (χ1n) is 7.86. The van der Waals surface area contributed by atoms with Gasteiger partial charge in [0.15, 0.2) is 5.76 Å². The number of likely N-dealkylation sites (N-methyl/N-ethyl adjacent to an activating group) is 1. The maximum Gasteiger partial charge on any atom is 0.356 e. The summed E-state index contributed by atoms with van der Waals surface area (Å²) in [4.78, 5) is 27.7. The molecule has 8 heteroatoms. The first-order chi connectivity index (χ1) is 11.5. The smallest absolute Gasteiger partial charge is 0.356 e. The second-order valence-corrected chi connectivity index (χ2v) is 6.31. The molecule has 2 fully saturated rings. The molecule has 4 rings (SSSR count). The molecule has 0 bridgehead atoms. The lowest BCUT2D eigenvalue weighted by Crippen LogP contribution is -2.32. The van der Waals surface area contributed by atoms with Crippen molar-refractivity contribution in [2.45, 2.75) is 25.5 Å². The van der Waals surface area contributed by atoms with E-state index in [-0.39, 0.29) is 23.9 Å². The minimum atomic E-state index is -0.469. The van der Waals surface area contributed by atoms with Crippen LogP contribution in [0.2, 0.25) is 0 Å². The number of fused-ring (bicyclic) bond motifs is 1. The average Bonchev–Trinajstić information content (AvgIpc) is 3.28. The summed E-state index contributed by atoms with van der Waals surface area (Å²) in [5.74, 6) is 0.903. The van der Waals surface area contributed by atoms with Crippen molar-refractivity contribution in [2.75, 3.05) is 20.1 Å². The molecule has 8 nitrogen and oxygen atoms in total. The molecule has 0 aromatic carbocycles. The monoisotopic (exact) mass is 330 g/mol. The number of furan rings is 1. The Morgan fingerprint density at radius 2 is 2.25 bits per heavy atom. The fraction of sp³-hybridized carbons (Fsp3) is 0.438. The molecule has 2 aromatic heterocycles. The number of hydrogen-bond donors (Lipinski definition) is 1. The van der Waals surface area contributed by atoms with Crippen LogP contribution in [-0.4, -0.2) is 64.3 Å². The van der Waals surface area contributed by atoms with Gasteiger partial charge in [0, 0.05) is 26.1 Å². The van der Waals surface area contributed by atoms with E-state index in [1.165, 1.54) is 0 Å². The highest BCUT2D eigenvalue weighted by atomic mass is 16.5. The van der Waals surface area contributed by atoms with Crippen LogP contribution in [0, 0.1) is 6.92 Å². The zero-order chi connectivity index (χ0) is 16.8. The number of nitrogens with zero attached hydrogens (tertiary/aromatic N) is 3. The van der Waals surface area contributed by atoms with E-state index in [0.29, 0.717) is 31.0 Å². The van der Waals surface area contributed by atoms with E-state index in [0.717, 1.165) is 5.76 Å². The van der Waals surface area contributed by atoms with Crippen LogP contribution in [-0.2, 0) is 4.74 Å². The molecule has 2 atom stereocenters. The lowest BCUT2D eigenvalue weighted by Gasteiger charge is -2.15. The third-order valence-electron chi connectivity index (χ3n) is 4.50. The van der Waals surface area contributed by atoms with Crippen molar-refractivity contribution < 1.29 is 18.7 Å². The topological polar surface area (TPSA) is 91.7 Å². The summed E-state index contributed by atoms with van der Waals surface area (Å²) in [6, 6.07) is 5.37. The normalized spacial score (nSPS) is 23.0. The molecule has 2 aliphatic heterocycles. The first-order valence-corrected chi connectivity index (χ1v) is 7.86. The van der Waals surface area contributed by atoms with Crippen LogP contribution in [0.3, 0.4) is 0 Å². The number of aromatic nitrogens is 2. The van der Waals surface area contributed by atoms with Gasteiger partial charge in [0.25, 0.3) is 0 Å². The number of aryl methyl sites for hydroxylation is 1. The third kappa shape index (κ3) is 2.44. The number of H-pyrrole nitrogens is 1. The fourth-order valence-electron chi connectivity index (χ4n) is 3.32. The van der Waals surface area contributed by atoms with E-state index in [9.17, 15) is 9.59 Å². The molecular weight excluding hydrogens is 312 g/mol. The summed E-state index contributed by atoms with van der Waals surface area (Å²) in [6.45, 7) is 2.97. The maximum atomic E-state index is 12.3. The largest absolute Gasteiger partial charge is 0.460 e. The number of rotatable bonds is 3. The number of hydrogen-bond acceptors (Lipinski definition) is 5. The van der Waals surface area contributed by atoms with Gasteiger partial charge in [0.05, 0.1) is 12.6 Å². The van der Waals surface area contributed by atoms with Gasteiger partial charge in [0.2, 0.25) is 0 Å². The van der Waals surface area contributed by atoms with Crippen LogP contribution in [0.1, 0.15) is 22.7 Å². The minimum Gasteiger partial charge on any atom is -0.460 e. The third-order valence-corrected chi connectivity index (χ3v) is 4.50. The molecule has 2 aliphatic rings. The molecule has 1 N–H and O–H groups in total. The van der Waals surface area contributed by atoms with E-state index in [4.69, 9.17) is 9.15 Å². The molecule has 2 saturated heterocycles. The number of urea groups is 1. The van der Waals surface area contributed by atoms with Gasteiger partial charge < -0.3 is 19.0 Å². The highest BCUT2D eigenvalue weighted by Gasteiger charge is 2.44.